The summed E-state index contributed by atoms with van der Waals surface area (Å²) in [5, 5.41) is 0. The van der Waals surface area contributed by atoms with Crippen molar-refractivity contribution in [2.45, 2.75) is 116 Å². The summed E-state index contributed by atoms with van der Waals surface area (Å²) < 4.78 is 28.3. The van der Waals surface area contributed by atoms with Gasteiger partial charge in [-0.05, 0) is 30.5 Å². The van der Waals surface area contributed by atoms with Crippen LogP contribution in [0, 0.1) is 0 Å². The smallest absolute Gasteiger partial charge is 0.268 e. The summed E-state index contributed by atoms with van der Waals surface area (Å²) in [5.41, 5.74) is 1.01. The average molecular weight is 556 g/mol. The van der Waals surface area contributed by atoms with Crippen LogP contribution in [-0.2, 0) is 20.0 Å². The Labute approximate surface area is 234 Å². The average Bonchev–Trinajstić information content (AvgIpc) is 2.86. The third kappa shape index (κ3) is 22.0. The molecule has 0 aliphatic heterocycles. The zero-order chi connectivity index (χ0) is 28.0. The number of hydrogen-bond acceptors (Lipinski definition) is 5. The van der Waals surface area contributed by atoms with E-state index in [9.17, 15) is 9.46 Å². The first-order valence-corrected chi connectivity index (χ1v) is 16.8. The fourth-order valence-corrected chi connectivity index (χ4v) is 5.03. The van der Waals surface area contributed by atoms with Gasteiger partial charge in [-0.15, -0.1) is 0 Å². The van der Waals surface area contributed by atoms with Gasteiger partial charge in [-0.25, -0.2) is 0 Å². The lowest BCUT2D eigenvalue weighted by atomic mass is 10.0. The lowest BCUT2D eigenvalue weighted by Crippen LogP contribution is -2.37. The second-order valence-electron chi connectivity index (χ2n) is 11.7. The molecule has 1 unspecified atom stereocenters. The molecule has 0 spiro atoms. The third-order valence-corrected chi connectivity index (χ3v) is 7.84. The van der Waals surface area contributed by atoms with Crippen molar-refractivity contribution in [1.29, 1.82) is 0 Å². The van der Waals surface area contributed by atoms with Gasteiger partial charge < -0.3 is 23.2 Å². The van der Waals surface area contributed by atoms with Crippen molar-refractivity contribution in [3.63, 3.8) is 0 Å². The van der Waals surface area contributed by atoms with Gasteiger partial charge in [0.25, 0.3) is 7.82 Å². The maximum Gasteiger partial charge on any atom is 0.268 e. The largest absolute Gasteiger partial charge is 0.756 e. The highest BCUT2D eigenvalue weighted by Gasteiger charge is 2.13. The predicted octanol–water partition coefficient (Wildman–Crippen LogP) is 8.08. The first-order valence-electron chi connectivity index (χ1n) is 15.3. The molecular formula is C31H58NO5P. The van der Waals surface area contributed by atoms with E-state index in [1.165, 1.54) is 96.3 Å². The van der Waals surface area contributed by atoms with E-state index in [1.54, 1.807) is 0 Å². The van der Waals surface area contributed by atoms with Gasteiger partial charge in [0, 0.05) is 0 Å². The van der Waals surface area contributed by atoms with Crippen LogP contribution in [0.15, 0.2) is 24.3 Å². The molecule has 7 heteroatoms. The maximum atomic E-state index is 11.9. The molecule has 222 valence electrons. The summed E-state index contributed by atoms with van der Waals surface area (Å²) in [6.07, 6.45) is 22.4. The fraction of sp³-hybridized carbons (Fsp3) is 0.806. The minimum atomic E-state index is -4.25. The monoisotopic (exact) mass is 555 g/mol. The van der Waals surface area contributed by atoms with E-state index in [2.05, 4.69) is 6.92 Å². The van der Waals surface area contributed by atoms with E-state index in [1.807, 2.05) is 45.4 Å². The van der Waals surface area contributed by atoms with E-state index in [4.69, 9.17) is 13.8 Å². The van der Waals surface area contributed by atoms with E-state index in [0.717, 1.165) is 24.3 Å². The van der Waals surface area contributed by atoms with Crippen molar-refractivity contribution in [1.82, 2.24) is 0 Å². The van der Waals surface area contributed by atoms with Crippen molar-refractivity contribution in [2.75, 3.05) is 47.5 Å². The van der Waals surface area contributed by atoms with Gasteiger partial charge in [0.15, 0.2) is 0 Å². The van der Waals surface area contributed by atoms with Crippen LogP contribution in [0.5, 0.6) is 5.75 Å². The van der Waals surface area contributed by atoms with Crippen molar-refractivity contribution in [3.05, 3.63) is 29.8 Å². The number of rotatable bonds is 26. The molecule has 0 N–H and O–H groups in total. The van der Waals surface area contributed by atoms with Crippen LogP contribution in [0.1, 0.15) is 115 Å². The van der Waals surface area contributed by atoms with Crippen LogP contribution in [0.25, 0.3) is 0 Å². The molecular weight excluding hydrogens is 497 g/mol. The second-order valence-corrected chi connectivity index (χ2v) is 13.1. The van der Waals surface area contributed by atoms with Crippen molar-refractivity contribution in [3.8, 4) is 5.75 Å². The molecule has 0 fully saturated rings. The highest BCUT2D eigenvalue weighted by atomic mass is 31.2. The Balaban J connectivity index is 1.95. The molecule has 0 aliphatic rings. The molecule has 1 rings (SSSR count). The van der Waals surface area contributed by atoms with Gasteiger partial charge in [0.05, 0.1) is 34.4 Å². The number of phosphoric acid groups is 1. The van der Waals surface area contributed by atoms with Gasteiger partial charge >= 0.3 is 0 Å². The molecule has 1 aromatic rings. The van der Waals surface area contributed by atoms with E-state index >= 15 is 0 Å². The number of unbranched alkanes of at least 4 members (excludes halogenated alkanes) is 15. The molecule has 0 heterocycles. The Morgan fingerprint density at radius 3 is 1.58 bits per heavy atom. The molecule has 0 saturated carbocycles. The van der Waals surface area contributed by atoms with Crippen molar-refractivity contribution in [2.24, 2.45) is 0 Å². The topological polar surface area (TPSA) is 67.8 Å². The molecule has 0 saturated heterocycles. The first kappa shape index (κ1) is 35.1. The number of ether oxygens (including phenoxy) is 1. The molecule has 0 aromatic heterocycles. The minimum absolute atomic E-state index is 0.0740. The Hall–Kier alpha value is -0.910. The number of hydrogen-bond donors (Lipinski definition) is 0. The molecule has 0 amide bonds. The molecule has 0 aliphatic carbocycles. The van der Waals surface area contributed by atoms with Crippen LogP contribution < -0.4 is 9.63 Å². The fourth-order valence-electron chi connectivity index (χ4n) is 4.33. The molecule has 6 nitrogen and oxygen atoms in total. The molecule has 0 radical (unpaired) electrons. The summed E-state index contributed by atoms with van der Waals surface area (Å²) >= 11 is 0. The SMILES string of the molecule is CCCCCCCCCCCCCCCCCCOc1ccc(CCOP(=O)([O-])OCC[N+](C)(C)C)cc1. The predicted molar refractivity (Wildman–Crippen MR) is 158 cm³/mol. The summed E-state index contributed by atoms with van der Waals surface area (Å²) in [6, 6.07) is 7.80. The Morgan fingerprint density at radius 1 is 0.658 bits per heavy atom. The minimum Gasteiger partial charge on any atom is -0.756 e. The number of nitrogens with zero attached hydrogens (tertiary/aromatic N) is 1. The van der Waals surface area contributed by atoms with Gasteiger partial charge in [0.2, 0.25) is 0 Å². The van der Waals surface area contributed by atoms with Gasteiger partial charge in [-0.1, -0.05) is 115 Å². The summed E-state index contributed by atoms with van der Waals surface area (Å²) in [4.78, 5) is 11.9. The zero-order valence-electron chi connectivity index (χ0n) is 25.1. The summed E-state index contributed by atoms with van der Waals surface area (Å²) in [6.45, 7) is 3.81. The molecule has 0 bridgehead atoms. The number of likely N-dealkylation sites (N-methyl/N-ethyl adjacent to an activating group) is 1. The number of benzene rings is 1. The number of phosphoric ester groups is 1. The van der Waals surface area contributed by atoms with Crippen molar-refractivity contribution < 1.29 is 27.7 Å². The van der Waals surface area contributed by atoms with Crippen LogP contribution >= 0.6 is 7.82 Å². The Morgan fingerprint density at radius 2 is 1.11 bits per heavy atom. The molecule has 38 heavy (non-hydrogen) atoms. The van der Waals surface area contributed by atoms with Crippen molar-refractivity contribution >= 4 is 7.82 Å². The quantitative estimate of drug-likeness (QED) is 0.0657. The standard InChI is InChI=1S/C31H58NO5P/c1-5-6-7-8-9-10-11-12-13-14-15-16-17-18-19-20-27-35-31-23-21-30(22-24-31)25-28-36-38(33,34)37-29-26-32(2,3)4/h21-24H,5-20,25-29H2,1-4H3. The van der Waals surface area contributed by atoms with E-state index < -0.39 is 7.82 Å². The van der Waals surface area contributed by atoms with Crippen LogP contribution in [0.3, 0.4) is 0 Å². The lowest BCUT2D eigenvalue weighted by Gasteiger charge is -2.27. The lowest BCUT2D eigenvalue weighted by molar-refractivity contribution is -0.870. The first-order chi connectivity index (χ1) is 18.2. The highest BCUT2D eigenvalue weighted by Crippen LogP contribution is 2.38. The Bertz CT molecular complexity index is 720. The number of quaternary nitrogens is 1. The summed E-state index contributed by atoms with van der Waals surface area (Å²) in [5.74, 6) is 0.855. The van der Waals surface area contributed by atoms with Crippen LogP contribution in [0.2, 0.25) is 0 Å². The van der Waals surface area contributed by atoms with Gasteiger partial charge in [-0.2, -0.15) is 0 Å². The second kappa shape index (κ2) is 21.9. The zero-order valence-corrected chi connectivity index (χ0v) is 26.0. The van der Waals surface area contributed by atoms with E-state index in [0.29, 0.717) is 17.4 Å². The normalized spacial score (nSPS) is 13.5. The van der Waals surface area contributed by atoms with Gasteiger partial charge in [-0.3, -0.25) is 4.57 Å². The molecule has 1 atom stereocenters. The molecule has 1 aromatic carbocycles. The summed E-state index contributed by atoms with van der Waals surface area (Å²) in [7, 11) is 1.69. The van der Waals surface area contributed by atoms with Crippen LogP contribution in [-0.4, -0.2) is 52.0 Å². The highest BCUT2D eigenvalue weighted by molar-refractivity contribution is 7.45. The van der Waals surface area contributed by atoms with Crippen LogP contribution in [0.4, 0.5) is 0 Å². The van der Waals surface area contributed by atoms with Gasteiger partial charge in [0.1, 0.15) is 18.9 Å². The maximum absolute atomic E-state index is 11.9. The van der Waals surface area contributed by atoms with E-state index in [-0.39, 0.29) is 13.2 Å². The Kier molecular flexibility index (Phi) is 20.2. The third-order valence-electron chi connectivity index (χ3n) is 6.84.